The molecule has 1 fully saturated rings. The number of hydrogen-bond donors (Lipinski definition) is 1. The summed E-state index contributed by atoms with van der Waals surface area (Å²) in [7, 11) is 0. The van der Waals surface area contributed by atoms with E-state index in [9.17, 15) is 14.7 Å². The van der Waals surface area contributed by atoms with Gasteiger partial charge in [0.2, 0.25) is 0 Å². The summed E-state index contributed by atoms with van der Waals surface area (Å²) in [6, 6.07) is 13.4. The van der Waals surface area contributed by atoms with Gasteiger partial charge in [0.1, 0.15) is 5.75 Å². The number of hydrogen-bond acceptors (Lipinski definition) is 4. The third-order valence-electron chi connectivity index (χ3n) is 4.40. The van der Waals surface area contributed by atoms with Crippen molar-refractivity contribution in [1.29, 1.82) is 0 Å². The number of aliphatic hydroxyl groups excluding tert-OH is 1. The van der Waals surface area contributed by atoms with Crippen LogP contribution in [0.3, 0.4) is 0 Å². The molecule has 0 spiro atoms. The third-order valence-corrected chi connectivity index (χ3v) is 4.65. The molecule has 3 rings (SSSR count). The normalized spacial score (nSPS) is 14.9. The van der Waals surface area contributed by atoms with Gasteiger partial charge in [-0.3, -0.25) is 9.59 Å². The Labute approximate surface area is 157 Å². The number of carbonyl (C=O) groups excluding carboxylic acids is 2. The Morgan fingerprint density at radius 2 is 1.54 bits per heavy atom. The Kier molecular flexibility index (Phi) is 5.91. The van der Waals surface area contributed by atoms with Gasteiger partial charge in [0.25, 0.3) is 5.91 Å². The van der Waals surface area contributed by atoms with E-state index < -0.39 is 0 Å². The summed E-state index contributed by atoms with van der Waals surface area (Å²) in [5.41, 5.74) is 1.10. The van der Waals surface area contributed by atoms with E-state index in [1.165, 1.54) is 0 Å². The van der Waals surface area contributed by atoms with Crippen LogP contribution in [0.2, 0.25) is 5.02 Å². The van der Waals surface area contributed by atoms with Gasteiger partial charge in [-0.15, -0.1) is 0 Å². The highest BCUT2D eigenvalue weighted by Gasteiger charge is 2.21. The molecule has 1 N–H and O–H groups in total. The molecule has 1 aliphatic rings. The molecular formula is C20H20ClNO4. The largest absolute Gasteiger partial charge is 0.484 e. The summed E-state index contributed by atoms with van der Waals surface area (Å²) in [4.78, 5) is 26.2. The van der Waals surface area contributed by atoms with Crippen molar-refractivity contribution < 1.29 is 19.4 Å². The molecule has 0 saturated carbocycles. The summed E-state index contributed by atoms with van der Waals surface area (Å²) >= 11 is 5.84. The van der Waals surface area contributed by atoms with Gasteiger partial charge in [0.15, 0.2) is 12.4 Å². The maximum atomic E-state index is 12.4. The van der Waals surface area contributed by atoms with E-state index in [-0.39, 0.29) is 24.4 Å². The van der Waals surface area contributed by atoms with Crippen molar-refractivity contribution in [2.45, 2.75) is 18.9 Å². The molecule has 0 unspecified atom stereocenters. The molecule has 1 amide bonds. The first-order chi connectivity index (χ1) is 12.5. The lowest BCUT2D eigenvalue weighted by Gasteiger charge is -2.29. The Morgan fingerprint density at radius 3 is 2.12 bits per heavy atom. The highest BCUT2D eigenvalue weighted by molar-refractivity contribution is 6.30. The molecule has 26 heavy (non-hydrogen) atoms. The SMILES string of the molecule is O=C(c1ccc(Cl)cc1)c1ccc(OCC(=O)N2CCC(O)CC2)cc1. The molecule has 5 nitrogen and oxygen atoms in total. The molecular weight excluding hydrogens is 354 g/mol. The van der Waals surface area contributed by atoms with Crippen LogP contribution in [0.4, 0.5) is 0 Å². The van der Waals surface area contributed by atoms with Crippen molar-refractivity contribution in [1.82, 2.24) is 4.90 Å². The average Bonchev–Trinajstić information content (AvgIpc) is 2.67. The van der Waals surface area contributed by atoms with E-state index in [4.69, 9.17) is 16.3 Å². The fraction of sp³-hybridized carbons (Fsp3) is 0.300. The Morgan fingerprint density at radius 1 is 1.00 bits per heavy atom. The zero-order chi connectivity index (χ0) is 18.5. The van der Waals surface area contributed by atoms with Gasteiger partial charge >= 0.3 is 0 Å². The Hall–Kier alpha value is -2.37. The van der Waals surface area contributed by atoms with Crippen LogP contribution in [0.5, 0.6) is 5.75 Å². The van der Waals surface area contributed by atoms with Crippen molar-refractivity contribution in [3.63, 3.8) is 0 Å². The van der Waals surface area contributed by atoms with Gasteiger partial charge in [-0.2, -0.15) is 0 Å². The van der Waals surface area contributed by atoms with Gasteiger partial charge in [-0.05, 0) is 61.4 Å². The quantitative estimate of drug-likeness (QED) is 0.818. The summed E-state index contributed by atoms with van der Waals surface area (Å²) in [6.07, 6.45) is 0.895. The number of nitrogens with zero attached hydrogens (tertiary/aromatic N) is 1. The van der Waals surface area contributed by atoms with E-state index in [2.05, 4.69) is 0 Å². The number of amides is 1. The summed E-state index contributed by atoms with van der Waals surface area (Å²) in [5, 5.41) is 10.1. The first-order valence-corrected chi connectivity index (χ1v) is 8.90. The van der Waals surface area contributed by atoms with Crippen LogP contribution in [0.15, 0.2) is 48.5 Å². The predicted molar refractivity (Wildman–Crippen MR) is 98.6 cm³/mol. The highest BCUT2D eigenvalue weighted by atomic mass is 35.5. The summed E-state index contributed by atoms with van der Waals surface area (Å²) < 4.78 is 5.52. The molecule has 1 saturated heterocycles. The minimum atomic E-state index is -0.314. The number of carbonyl (C=O) groups is 2. The molecule has 0 bridgehead atoms. The summed E-state index contributed by atoms with van der Waals surface area (Å²) in [6.45, 7) is 1.05. The molecule has 2 aromatic carbocycles. The minimum absolute atomic E-state index is 0.0550. The van der Waals surface area contributed by atoms with E-state index >= 15 is 0 Å². The van der Waals surface area contributed by atoms with Crippen molar-refractivity contribution in [3.05, 3.63) is 64.7 Å². The average molecular weight is 374 g/mol. The number of benzene rings is 2. The fourth-order valence-electron chi connectivity index (χ4n) is 2.82. The summed E-state index contributed by atoms with van der Waals surface area (Å²) in [5.74, 6) is 0.331. The van der Waals surface area contributed by atoms with E-state index in [1.54, 1.807) is 53.4 Å². The molecule has 0 aromatic heterocycles. The van der Waals surface area contributed by atoms with Crippen molar-refractivity contribution in [3.8, 4) is 5.75 Å². The topological polar surface area (TPSA) is 66.8 Å². The Bertz CT molecular complexity index is 765. The number of ether oxygens (including phenoxy) is 1. The van der Waals surface area contributed by atoms with Gasteiger partial charge in [0, 0.05) is 29.2 Å². The third kappa shape index (κ3) is 4.62. The zero-order valence-electron chi connectivity index (χ0n) is 14.2. The fourth-order valence-corrected chi connectivity index (χ4v) is 2.95. The van der Waals surface area contributed by atoms with Gasteiger partial charge in [-0.1, -0.05) is 11.6 Å². The van der Waals surface area contributed by atoms with E-state index in [1.807, 2.05) is 0 Å². The number of rotatable bonds is 5. The zero-order valence-corrected chi connectivity index (χ0v) is 15.0. The van der Waals surface area contributed by atoms with Crippen molar-refractivity contribution in [2.75, 3.05) is 19.7 Å². The first-order valence-electron chi connectivity index (χ1n) is 8.52. The van der Waals surface area contributed by atoms with Crippen LogP contribution in [0.25, 0.3) is 0 Å². The molecule has 1 heterocycles. The molecule has 0 radical (unpaired) electrons. The Balaban J connectivity index is 1.55. The lowest BCUT2D eigenvalue weighted by Crippen LogP contribution is -2.42. The molecule has 136 valence electrons. The smallest absolute Gasteiger partial charge is 0.260 e. The van der Waals surface area contributed by atoms with Crippen molar-refractivity contribution in [2.24, 2.45) is 0 Å². The molecule has 6 heteroatoms. The van der Waals surface area contributed by atoms with Crippen LogP contribution in [0.1, 0.15) is 28.8 Å². The predicted octanol–water partition coefficient (Wildman–Crippen LogP) is 2.93. The van der Waals surface area contributed by atoms with Gasteiger partial charge in [0.05, 0.1) is 6.10 Å². The molecule has 1 aliphatic heterocycles. The minimum Gasteiger partial charge on any atom is -0.484 e. The van der Waals surface area contributed by atoms with Crippen LogP contribution < -0.4 is 4.74 Å². The van der Waals surface area contributed by atoms with E-state index in [0.29, 0.717) is 47.8 Å². The second-order valence-electron chi connectivity index (χ2n) is 6.26. The second kappa shape index (κ2) is 8.34. The number of ketones is 1. The maximum absolute atomic E-state index is 12.4. The lowest BCUT2D eigenvalue weighted by atomic mass is 10.0. The van der Waals surface area contributed by atoms with Crippen molar-refractivity contribution >= 4 is 23.3 Å². The van der Waals surface area contributed by atoms with Gasteiger partial charge < -0.3 is 14.7 Å². The van der Waals surface area contributed by atoms with Crippen LogP contribution in [0, 0.1) is 0 Å². The molecule has 0 atom stereocenters. The lowest BCUT2D eigenvalue weighted by molar-refractivity contribution is -0.135. The molecule has 0 aliphatic carbocycles. The number of likely N-dealkylation sites (tertiary alicyclic amines) is 1. The second-order valence-corrected chi connectivity index (χ2v) is 6.70. The number of piperidine rings is 1. The van der Waals surface area contributed by atoms with Crippen LogP contribution >= 0.6 is 11.6 Å². The number of halogens is 1. The standard InChI is InChI=1S/C20H20ClNO4/c21-16-5-1-14(2-6-16)20(25)15-3-7-18(8-4-15)26-13-19(24)22-11-9-17(23)10-12-22/h1-8,17,23H,9-13H2. The molecule has 2 aromatic rings. The van der Waals surface area contributed by atoms with Gasteiger partial charge in [-0.25, -0.2) is 0 Å². The van der Waals surface area contributed by atoms with Crippen LogP contribution in [-0.4, -0.2) is 47.5 Å². The monoisotopic (exact) mass is 373 g/mol. The number of aliphatic hydroxyl groups is 1. The highest BCUT2D eigenvalue weighted by Crippen LogP contribution is 2.18. The maximum Gasteiger partial charge on any atom is 0.260 e. The van der Waals surface area contributed by atoms with Crippen LogP contribution in [-0.2, 0) is 4.79 Å². The van der Waals surface area contributed by atoms with E-state index in [0.717, 1.165) is 0 Å². The first kappa shape index (κ1) is 18.4.